The smallest absolute Gasteiger partial charge is 0.264 e. The van der Waals surface area contributed by atoms with Gasteiger partial charge in [0.2, 0.25) is 15.9 Å². The first-order valence-electron chi connectivity index (χ1n) is 7.76. The minimum atomic E-state index is -3.65. The van der Waals surface area contributed by atoms with E-state index in [1.165, 1.54) is 36.5 Å². The number of aromatic nitrogens is 3. The molecule has 0 unspecified atom stereocenters. The zero-order chi connectivity index (χ0) is 18.6. The molecule has 0 saturated carbocycles. The number of H-pyrrole nitrogens is 1. The third kappa shape index (κ3) is 4.15. The lowest BCUT2D eigenvalue weighted by Gasteiger charge is -2.03. The highest BCUT2D eigenvalue weighted by atomic mass is 32.2. The highest BCUT2D eigenvalue weighted by Crippen LogP contribution is 2.24. The molecule has 26 heavy (non-hydrogen) atoms. The molecule has 138 valence electrons. The molecule has 0 aliphatic carbocycles. The van der Waals surface area contributed by atoms with E-state index in [4.69, 9.17) is 9.15 Å². The predicted molar refractivity (Wildman–Crippen MR) is 91.2 cm³/mol. The van der Waals surface area contributed by atoms with Gasteiger partial charge in [-0.2, -0.15) is 0 Å². The Morgan fingerprint density at radius 3 is 2.69 bits per heavy atom. The molecule has 2 aromatic heterocycles. The van der Waals surface area contributed by atoms with E-state index in [0.29, 0.717) is 24.3 Å². The molecule has 3 aromatic rings. The molecule has 1 aromatic carbocycles. The first-order valence-corrected chi connectivity index (χ1v) is 9.25. The third-order valence-corrected chi connectivity index (χ3v) is 4.97. The summed E-state index contributed by atoms with van der Waals surface area (Å²) < 4.78 is 50.3. The van der Waals surface area contributed by atoms with Gasteiger partial charge in [0, 0.05) is 32.0 Å². The Balaban J connectivity index is 1.75. The van der Waals surface area contributed by atoms with Crippen LogP contribution in [0.15, 0.2) is 45.8 Å². The lowest BCUT2D eigenvalue weighted by Crippen LogP contribution is -2.25. The van der Waals surface area contributed by atoms with Crippen LogP contribution in [0.2, 0.25) is 0 Å². The van der Waals surface area contributed by atoms with Crippen molar-refractivity contribution in [3.05, 3.63) is 42.3 Å². The van der Waals surface area contributed by atoms with Gasteiger partial charge in [-0.15, -0.1) is 10.2 Å². The van der Waals surface area contributed by atoms with E-state index in [1.807, 2.05) is 0 Å². The van der Waals surface area contributed by atoms with E-state index < -0.39 is 10.0 Å². The van der Waals surface area contributed by atoms with Crippen LogP contribution in [-0.2, 0) is 14.8 Å². The molecule has 0 aliphatic rings. The number of ether oxygens (including phenoxy) is 1. The maximum absolute atomic E-state index is 13.0. The molecule has 0 atom stereocenters. The second-order valence-corrected chi connectivity index (χ2v) is 7.18. The highest BCUT2D eigenvalue weighted by molar-refractivity contribution is 7.89. The van der Waals surface area contributed by atoms with Crippen LogP contribution >= 0.6 is 0 Å². The van der Waals surface area contributed by atoms with Crippen molar-refractivity contribution >= 4 is 10.0 Å². The summed E-state index contributed by atoms with van der Waals surface area (Å²) in [6.45, 7) is 0.737. The Morgan fingerprint density at radius 1 is 1.23 bits per heavy atom. The van der Waals surface area contributed by atoms with E-state index in [0.717, 1.165) is 0 Å². The summed E-state index contributed by atoms with van der Waals surface area (Å²) in [5.74, 6) is -0.0347. The Kier molecular flexibility index (Phi) is 5.45. The normalized spacial score (nSPS) is 11.8. The molecule has 0 spiro atoms. The molecule has 0 bridgehead atoms. The Bertz CT molecular complexity index is 966. The number of aromatic amines is 1. The molecule has 0 aliphatic heterocycles. The maximum atomic E-state index is 13.0. The van der Waals surface area contributed by atoms with Crippen molar-refractivity contribution in [1.29, 1.82) is 0 Å². The first kappa shape index (κ1) is 18.2. The first-order chi connectivity index (χ1) is 12.5. The van der Waals surface area contributed by atoms with Crippen molar-refractivity contribution in [2.24, 2.45) is 0 Å². The lowest BCUT2D eigenvalue weighted by atomic mass is 10.2. The van der Waals surface area contributed by atoms with Crippen molar-refractivity contribution < 1.29 is 22.0 Å². The Hall–Kier alpha value is -2.56. The highest BCUT2D eigenvalue weighted by Gasteiger charge is 2.18. The summed E-state index contributed by atoms with van der Waals surface area (Å²) in [5, 5.41) is 7.79. The van der Waals surface area contributed by atoms with Gasteiger partial charge in [-0.3, -0.25) is 0 Å². The number of benzene rings is 1. The van der Waals surface area contributed by atoms with Gasteiger partial charge in [-0.05, 0) is 36.8 Å². The second kappa shape index (κ2) is 7.77. The quantitative estimate of drug-likeness (QED) is 0.580. The van der Waals surface area contributed by atoms with Crippen molar-refractivity contribution in [2.75, 3.05) is 20.3 Å². The zero-order valence-electron chi connectivity index (χ0n) is 13.9. The molecule has 10 heteroatoms. The molecule has 0 amide bonds. The summed E-state index contributed by atoms with van der Waals surface area (Å²) in [4.78, 5) is 2.87. The Labute approximate surface area is 149 Å². The lowest BCUT2D eigenvalue weighted by molar-refractivity contribution is 0.196. The number of rotatable bonds is 8. The van der Waals surface area contributed by atoms with Gasteiger partial charge in [0.1, 0.15) is 16.4 Å². The van der Waals surface area contributed by atoms with Crippen molar-refractivity contribution in [3.63, 3.8) is 0 Å². The van der Waals surface area contributed by atoms with Crippen LogP contribution in [0, 0.1) is 5.82 Å². The molecule has 0 saturated heterocycles. The largest absolute Gasteiger partial charge is 0.415 e. The number of sulfonamides is 1. The topological polar surface area (TPSA) is 110 Å². The fourth-order valence-corrected chi connectivity index (χ4v) is 3.27. The van der Waals surface area contributed by atoms with Gasteiger partial charge in [0.05, 0.1) is 0 Å². The average molecular weight is 380 g/mol. The van der Waals surface area contributed by atoms with Crippen LogP contribution in [0.3, 0.4) is 0 Å². The summed E-state index contributed by atoms with van der Waals surface area (Å²) in [5.41, 5.74) is 0.924. The molecule has 3 rings (SSSR count). The van der Waals surface area contributed by atoms with Crippen LogP contribution < -0.4 is 4.72 Å². The van der Waals surface area contributed by atoms with Gasteiger partial charge in [-0.1, -0.05) is 0 Å². The zero-order valence-corrected chi connectivity index (χ0v) is 14.7. The minimum Gasteiger partial charge on any atom is -0.415 e. The molecular weight excluding hydrogens is 363 g/mol. The van der Waals surface area contributed by atoms with Gasteiger partial charge in [-0.25, -0.2) is 17.5 Å². The summed E-state index contributed by atoms with van der Waals surface area (Å²) in [6, 6.07) is 7.00. The van der Waals surface area contributed by atoms with Crippen molar-refractivity contribution in [2.45, 2.75) is 11.3 Å². The molecular formula is C16H17FN4O4S. The average Bonchev–Trinajstić information content (AvgIpc) is 3.29. The molecule has 8 nitrogen and oxygen atoms in total. The minimum absolute atomic E-state index is 0.0615. The van der Waals surface area contributed by atoms with Crippen molar-refractivity contribution in [3.8, 4) is 23.0 Å². The molecule has 2 N–H and O–H groups in total. The fourth-order valence-electron chi connectivity index (χ4n) is 2.20. The number of methoxy groups -OCH3 is 1. The van der Waals surface area contributed by atoms with Crippen LogP contribution in [0.5, 0.6) is 0 Å². The number of halogens is 1. The predicted octanol–water partition coefficient (Wildman–Crippen LogP) is 2.19. The summed E-state index contributed by atoms with van der Waals surface area (Å²) in [6.07, 6.45) is 1.91. The SMILES string of the molecule is COCCCNS(=O)(=O)c1c[nH]c(-c2nnc(-c3ccc(F)cc3)o2)c1. The summed E-state index contributed by atoms with van der Waals surface area (Å²) in [7, 11) is -2.09. The third-order valence-electron chi connectivity index (χ3n) is 3.53. The number of nitrogens with one attached hydrogen (secondary N) is 2. The molecule has 0 radical (unpaired) electrons. The number of hydrogen-bond donors (Lipinski definition) is 2. The molecule has 0 fully saturated rings. The van der Waals surface area contributed by atoms with Crippen LogP contribution in [-0.4, -0.2) is 43.9 Å². The maximum Gasteiger partial charge on any atom is 0.264 e. The van der Waals surface area contributed by atoms with Gasteiger partial charge >= 0.3 is 0 Å². The Morgan fingerprint density at radius 2 is 1.96 bits per heavy atom. The van der Waals surface area contributed by atoms with E-state index >= 15 is 0 Å². The van der Waals surface area contributed by atoms with E-state index in [1.54, 1.807) is 7.11 Å². The van der Waals surface area contributed by atoms with Crippen LogP contribution in [0.4, 0.5) is 4.39 Å². The van der Waals surface area contributed by atoms with Gasteiger partial charge in [0.15, 0.2) is 0 Å². The molecule has 2 heterocycles. The van der Waals surface area contributed by atoms with Crippen molar-refractivity contribution in [1.82, 2.24) is 19.9 Å². The monoisotopic (exact) mass is 380 g/mol. The summed E-state index contributed by atoms with van der Waals surface area (Å²) >= 11 is 0. The fraction of sp³-hybridized carbons (Fsp3) is 0.250. The van der Waals surface area contributed by atoms with Crippen LogP contribution in [0.25, 0.3) is 23.0 Å². The van der Waals surface area contributed by atoms with E-state index in [2.05, 4.69) is 19.9 Å². The van der Waals surface area contributed by atoms with E-state index in [-0.39, 0.29) is 29.0 Å². The standard InChI is InChI=1S/C16H17FN4O4S/c1-24-8-2-7-19-26(22,23)13-9-14(18-10-13)16-21-20-15(25-16)11-3-5-12(17)6-4-11/h3-6,9-10,18-19H,2,7-8H2,1H3. The number of hydrogen-bond acceptors (Lipinski definition) is 6. The van der Waals surface area contributed by atoms with Gasteiger partial charge < -0.3 is 14.1 Å². The number of nitrogens with zero attached hydrogens (tertiary/aromatic N) is 2. The van der Waals surface area contributed by atoms with Gasteiger partial charge in [0.25, 0.3) is 5.89 Å². The second-order valence-electron chi connectivity index (χ2n) is 5.41. The van der Waals surface area contributed by atoms with E-state index in [9.17, 15) is 12.8 Å². The van der Waals surface area contributed by atoms with Crippen LogP contribution in [0.1, 0.15) is 6.42 Å².